The van der Waals surface area contributed by atoms with Crippen LogP contribution in [-0.4, -0.2) is 28.7 Å². The van der Waals surface area contributed by atoms with E-state index in [0.29, 0.717) is 12.8 Å². The minimum atomic E-state index is -0.516. The Morgan fingerprint density at radius 2 is 1.74 bits per heavy atom. The van der Waals surface area contributed by atoms with Crippen molar-refractivity contribution in [3.05, 3.63) is 47.1 Å². The van der Waals surface area contributed by atoms with Crippen molar-refractivity contribution in [3.63, 3.8) is 0 Å². The summed E-state index contributed by atoms with van der Waals surface area (Å²) in [6.07, 6.45) is 8.30. The van der Waals surface area contributed by atoms with E-state index in [1.54, 1.807) is 12.2 Å². The lowest BCUT2D eigenvalue weighted by atomic mass is 9.98. The monoisotopic (exact) mass is 320 g/mol. The molecule has 2 N–H and O–H groups in total. The predicted octanol–water partition coefficient (Wildman–Crippen LogP) is 4.27. The number of aliphatic hydroxyl groups excluding tert-OH is 2. The Morgan fingerprint density at radius 1 is 1.09 bits per heavy atom. The highest BCUT2D eigenvalue weighted by Crippen LogP contribution is 2.17. The minimum Gasteiger partial charge on any atom is -0.392 e. The number of carbonyl (C=O) groups is 1. The highest BCUT2D eigenvalue weighted by atomic mass is 16.3. The zero-order chi connectivity index (χ0) is 17.8. The summed E-state index contributed by atoms with van der Waals surface area (Å²) in [6.45, 7) is 11.7. The summed E-state index contributed by atoms with van der Waals surface area (Å²) >= 11 is 0. The third-order valence-electron chi connectivity index (χ3n) is 3.58. The molecule has 0 aliphatic carbocycles. The molecule has 0 bridgehead atoms. The van der Waals surface area contributed by atoms with Crippen molar-refractivity contribution in [2.45, 2.75) is 65.9 Å². The number of allylic oxidation sites excluding steroid dienone is 5. The first-order chi connectivity index (χ1) is 10.8. The van der Waals surface area contributed by atoms with Gasteiger partial charge in [0.05, 0.1) is 12.7 Å². The lowest BCUT2D eigenvalue weighted by Crippen LogP contribution is -2.09. The van der Waals surface area contributed by atoms with E-state index in [2.05, 4.69) is 6.58 Å². The van der Waals surface area contributed by atoms with Crippen molar-refractivity contribution in [2.24, 2.45) is 0 Å². The fraction of sp³-hybridized carbons (Fsp3) is 0.550. The summed E-state index contributed by atoms with van der Waals surface area (Å²) < 4.78 is 0. The summed E-state index contributed by atoms with van der Waals surface area (Å²) in [7, 11) is 0. The maximum atomic E-state index is 11.7. The molecule has 0 amide bonds. The number of hydrogen-bond acceptors (Lipinski definition) is 3. The van der Waals surface area contributed by atoms with Crippen molar-refractivity contribution in [1.82, 2.24) is 0 Å². The SMILES string of the molecule is C=C(CC/C=C(\C)CC(=O)C=C(C)C)C(O)CC/C(C)=C/CO. The molecule has 130 valence electrons. The summed E-state index contributed by atoms with van der Waals surface area (Å²) in [5, 5.41) is 18.9. The van der Waals surface area contributed by atoms with E-state index in [9.17, 15) is 9.90 Å². The average molecular weight is 320 g/mol. The molecule has 0 aromatic carbocycles. The average Bonchev–Trinajstić information content (AvgIpc) is 2.43. The Balaban J connectivity index is 4.17. The molecule has 1 unspecified atom stereocenters. The molecule has 23 heavy (non-hydrogen) atoms. The Morgan fingerprint density at radius 3 is 2.30 bits per heavy atom. The zero-order valence-corrected chi connectivity index (χ0v) is 15.1. The molecule has 0 spiro atoms. The molecular formula is C20H32O3. The molecule has 0 saturated carbocycles. The van der Waals surface area contributed by atoms with Gasteiger partial charge in [-0.3, -0.25) is 4.79 Å². The van der Waals surface area contributed by atoms with Crippen molar-refractivity contribution < 1.29 is 15.0 Å². The molecule has 3 heteroatoms. The van der Waals surface area contributed by atoms with Gasteiger partial charge in [0.25, 0.3) is 0 Å². The van der Waals surface area contributed by atoms with Crippen molar-refractivity contribution in [1.29, 1.82) is 0 Å². The normalized spacial score (nSPS) is 13.7. The van der Waals surface area contributed by atoms with Crippen LogP contribution < -0.4 is 0 Å². The van der Waals surface area contributed by atoms with Crippen LogP contribution >= 0.6 is 0 Å². The van der Waals surface area contributed by atoms with Crippen LogP contribution in [0, 0.1) is 0 Å². The summed E-state index contributed by atoms with van der Waals surface area (Å²) in [5.41, 5.74) is 3.97. The van der Waals surface area contributed by atoms with Crippen LogP contribution in [0.3, 0.4) is 0 Å². The highest BCUT2D eigenvalue weighted by Gasteiger charge is 2.08. The molecule has 1 atom stereocenters. The van der Waals surface area contributed by atoms with Crippen LogP contribution in [0.5, 0.6) is 0 Å². The van der Waals surface area contributed by atoms with Gasteiger partial charge in [0.1, 0.15) is 0 Å². The van der Waals surface area contributed by atoms with E-state index in [1.807, 2.05) is 33.8 Å². The molecular weight excluding hydrogens is 288 g/mol. The van der Waals surface area contributed by atoms with Gasteiger partial charge in [0, 0.05) is 6.42 Å². The van der Waals surface area contributed by atoms with Crippen LogP contribution in [0.25, 0.3) is 0 Å². The predicted molar refractivity (Wildman–Crippen MR) is 97.3 cm³/mol. The van der Waals surface area contributed by atoms with Crippen LogP contribution in [0.15, 0.2) is 47.1 Å². The smallest absolute Gasteiger partial charge is 0.159 e. The van der Waals surface area contributed by atoms with Gasteiger partial charge in [0.15, 0.2) is 5.78 Å². The Labute approximate surface area is 141 Å². The second kappa shape index (κ2) is 12.0. The molecule has 0 aliphatic rings. The molecule has 0 saturated heterocycles. The van der Waals surface area contributed by atoms with Gasteiger partial charge >= 0.3 is 0 Å². The molecule has 0 heterocycles. The first-order valence-corrected chi connectivity index (χ1v) is 8.21. The summed E-state index contributed by atoms with van der Waals surface area (Å²) in [6, 6.07) is 0. The second-order valence-electron chi connectivity index (χ2n) is 6.40. The molecule has 3 nitrogen and oxygen atoms in total. The number of aliphatic hydroxyl groups is 2. The zero-order valence-electron chi connectivity index (χ0n) is 15.1. The molecule has 0 rings (SSSR count). The highest BCUT2D eigenvalue weighted by molar-refractivity contribution is 5.91. The third kappa shape index (κ3) is 11.7. The van der Waals surface area contributed by atoms with E-state index in [1.165, 1.54) is 0 Å². The largest absolute Gasteiger partial charge is 0.392 e. The minimum absolute atomic E-state index is 0.0401. The molecule has 0 radical (unpaired) electrons. The van der Waals surface area contributed by atoms with E-state index >= 15 is 0 Å². The topological polar surface area (TPSA) is 57.5 Å². The maximum absolute atomic E-state index is 11.7. The molecule has 0 aromatic heterocycles. The first-order valence-electron chi connectivity index (χ1n) is 8.21. The van der Waals surface area contributed by atoms with Crippen molar-refractivity contribution in [3.8, 4) is 0 Å². The van der Waals surface area contributed by atoms with Crippen molar-refractivity contribution in [2.75, 3.05) is 6.61 Å². The lowest BCUT2D eigenvalue weighted by molar-refractivity contribution is -0.114. The van der Waals surface area contributed by atoms with E-state index < -0.39 is 6.10 Å². The van der Waals surface area contributed by atoms with Crippen LogP contribution in [-0.2, 0) is 4.79 Å². The number of ketones is 1. The van der Waals surface area contributed by atoms with Crippen molar-refractivity contribution >= 4 is 5.78 Å². The van der Waals surface area contributed by atoms with Gasteiger partial charge in [0.2, 0.25) is 0 Å². The second-order valence-corrected chi connectivity index (χ2v) is 6.40. The van der Waals surface area contributed by atoms with Gasteiger partial charge in [-0.15, -0.1) is 0 Å². The lowest BCUT2D eigenvalue weighted by Gasteiger charge is -2.13. The van der Waals surface area contributed by atoms with Gasteiger partial charge in [-0.2, -0.15) is 0 Å². The number of hydrogen-bond donors (Lipinski definition) is 2. The van der Waals surface area contributed by atoms with Gasteiger partial charge < -0.3 is 10.2 Å². The van der Waals surface area contributed by atoms with E-state index in [-0.39, 0.29) is 12.4 Å². The first kappa shape index (κ1) is 21.6. The van der Waals surface area contributed by atoms with E-state index in [0.717, 1.165) is 41.6 Å². The number of rotatable bonds is 11. The van der Waals surface area contributed by atoms with Crippen LogP contribution in [0.2, 0.25) is 0 Å². The fourth-order valence-electron chi connectivity index (χ4n) is 2.22. The standard InChI is InChI=1S/C20H32O3/c1-15(2)13-19(22)14-17(4)7-6-8-18(5)20(23)10-9-16(3)11-12-21/h7,11,13,20-21,23H,5-6,8-10,12,14H2,1-4H3/b16-11+,17-7+. The van der Waals surface area contributed by atoms with E-state index in [4.69, 9.17) is 5.11 Å². The Kier molecular flexibility index (Phi) is 11.3. The van der Waals surface area contributed by atoms with Gasteiger partial charge in [-0.05, 0) is 65.0 Å². The molecule has 0 fully saturated rings. The Hall–Kier alpha value is -1.45. The fourth-order valence-corrected chi connectivity index (χ4v) is 2.22. The third-order valence-corrected chi connectivity index (χ3v) is 3.58. The molecule has 0 aromatic rings. The summed E-state index contributed by atoms with van der Waals surface area (Å²) in [5.74, 6) is 0.128. The number of carbonyl (C=O) groups excluding carboxylic acids is 1. The molecule has 0 aliphatic heterocycles. The maximum Gasteiger partial charge on any atom is 0.159 e. The van der Waals surface area contributed by atoms with Gasteiger partial charge in [-0.25, -0.2) is 0 Å². The Bertz CT molecular complexity index is 477. The van der Waals surface area contributed by atoms with Crippen LogP contribution in [0.1, 0.15) is 59.8 Å². The summed E-state index contributed by atoms with van der Waals surface area (Å²) in [4.78, 5) is 11.7. The quantitative estimate of drug-likeness (QED) is 0.441. The van der Waals surface area contributed by atoms with Crippen LogP contribution in [0.4, 0.5) is 0 Å². The van der Waals surface area contributed by atoms with Gasteiger partial charge in [-0.1, -0.05) is 35.5 Å².